The highest BCUT2D eigenvalue weighted by atomic mass is 19.4. The van der Waals surface area contributed by atoms with Crippen molar-refractivity contribution in [1.82, 2.24) is 19.4 Å². The number of aryl methyl sites for hydroxylation is 1. The van der Waals surface area contributed by atoms with E-state index in [1.807, 2.05) is 0 Å². The van der Waals surface area contributed by atoms with E-state index in [-0.39, 0.29) is 23.1 Å². The lowest BCUT2D eigenvalue weighted by Gasteiger charge is -2.16. The van der Waals surface area contributed by atoms with Crippen molar-refractivity contribution in [3.8, 4) is 22.4 Å². The number of amides is 1. The van der Waals surface area contributed by atoms with Crippen LogP contribution >= 0.6 is 0 Å². The van der Waals surface area contributed by atoms with E-state index in [0.29, 0.717) is 16.6 Å². The molecule has 1 amide bonds. The van der Waals surface area contributed by atoms with Gasteiger partial charge in [-0.3, -0.25) is 9.48 Å². The summed E-state index contributed by atoms with van der Waals surface area (Å²) in [6.07, 6.45) is -2.21. The topological polar surface area (TPSA) is 90.5 Å². The zero-order chi connectivity index (χ0) is 27.9. The maximum atomic E-state index is 15.1. The molecule has 39 heavy (non-hydrogen) atoms. The highest BCUT2D eigenvalue weighted by Gasteiger charge is 2.36. The Labute approximate surface area is 218 Å². The van der Waals surface area contributed by atoms with Crippen molar-refractivity contribution in [2.75, 3.05) is 12.4 Å². The highest BCUT2D eigenvalue weighted by molar-refractivity contribution is 6.07. The number of alkyl halides is 3. The predicted molar refractivity (Wildman–Crippen MR) is 134 cm³/mol. The summed E-state index contributed by atoms with van der Waals surface area (Å²) in [6, 6.07) is 14.5. The second kappa shape index (κ2) is 9.71. The van der Waals surface area contributed by atoms with Crippen LogP contribution in [0.15, 0.2) is 73.1 Å². The Morgan fingerprint density at radius 3 is 2.36 bits per heavy atom. The first-order valence-corrected chi connectivity index (χ1v) is 11.4. The molecule has 0 fully saturated rings. The van der Waals surface area contributed by atoms with Gasteiger partial charge in [-0.15, -0.1) is 0 Å². The predicted octanol–water partition coefficient (Wildman–Crippen LogP) is 5.60. The van der Waals surface area contributed by atoms with Crippen molar-refractivity contribution in [3.63, 3.8) is 0 Å². The lowest BCUT2D eigenvalue weighted by atomic mass is 9.99. The van der Waals surface area contributed by atoms with Gasteiger partial charge < -0.3 is 10.1 Å². The summed E-state index contributed by atoms with van der Waals surface area (Å²) in [6.45, 7) is 0. The molecule has 2 aromatic carbocycles. The van der Waals surface area contributed by atoms with Crippen molar-refractivity contribution in [3.05, 3.63) is 95.6 Å². The molecule has 0 atom stereocenters. The minimum Gasteiger partial charge on any atom is -0.465 e. The molecular weight excluding hydrogens is 518 g/mol. The molecule has 0 unspecified atom stereocenters. The number of hydrogen-bond acceptors (Lipinski definition) is 5. The third-order valence-corrected chi connectivity index (χ3v) is 6.05. The summed E-state index contributed by atoms with van der Waals surface area (Å²) in [5.41, 5.74) is -0.911. The fourth-order valence-electron chi connectivity index (χ4n) is 4.22. The van der Waals surface area contributed by atoms with Crippen LogP contribution < -0.4 is 5.32 Å². The van der Waals surface area contributed by atoms with Crippen LogP contribution in [0.3, 0.4) is 0 Å². The summed E-state index contributed by atoms with van der Waals surface area (Å²) >= 11 is 0. The van der Waals surface area contributed by atoms with Crippen molar-refractivity contribution < 1.29 is 31.9 Å². The molecular formula is C27H19F4N5O3. The second-order valence-electron chi connectivity index (χ2n) is 8.51. The van der Waals surface area contributed by atoms with Gasteiger partial charge in [0, 0.05) is 24.4 Å². The van der Waals surface area contributed by atoms with Crippen LogP contribution in [-0.2, 0) is 18.0 Å². The quantitative estimate of drug-likeness (QED) is 0.233. The van der Waals surface area contributed by atoms with Crippen LogP contribution in [0.4, 0.5) is 23.4 Å². The molecule has 0 aliphatic carbocycles. The third-order valence-electron chi connectivity index (χ3n) is 6.05. The second-order valence-corrected chi connectivity index (χ2v) is 8.51. The lowest BCUT2D eigenvalue weighted by molar-refractivity contribution is -0.137. The van der Waals surface area contributed by atoms with E-state index < -0.39 is 40.6 Å². The average Bonchev–Trinajstić information content (AvgIpc) is 3.54. The molecule has 12 heteroatoms. The van der Waals surface area contributed by atoms with Crippen LogP contribution in [0.1, 0.15) is 26.3 Å². The van der Waals surface area contributed by atoms with Gasteiger partial charge >= 0.3 is 12.1 Å². The van der Waals surface area contributed by atoms with Crippen molar-refractivity contribution in [2.24, 2.45) is 7.05 Å². The SMILES string of the molecule is COC(=O)c1cnn2c(NC(=O)c3cc(-c4ccn(C)n4)c(C(F)(F)F)cc3F)c(-c3ccccc3)ccc12. The Morgan fingerprint density at radius 1 is 0.974 bits per heavy atom. The fraction of sp³-hybridized carbons (Fsp3) is 0.111. The number of aromatic nitrogens is 4. The number of rotatable bonds is 5. The molecule has 0 saturated carbocycles. The van der Waals surface area contributed by atoms with Gasteiger partial charge in [-0.2, -0.15) is 23.4 Å². The van der Waals surface area contributed by atoms with Crippen LogP contribution in [-0.4, -0.2) is 38.4 Å². The van der Waals surface area contributed by atoms with Gasteiger partial charge in [0.2, 0.25) is 0 Å². The Morgan fingerprint density at radius 2 is 1.72 bits per heavy atom. The molecule has 5 rings (SSSR count). The molecule has 3 aromatic heterocycles. The minimum absolute atomic E-state index is 0.0672. The number of nitrogens with one attached hydrogen (secondary N) is 1. The van der Waals surface area contributed by atoms with Crippen molar-refractivity contribution >= 4 is 23.2 Å². The number of carbonyl (C=O) groups is 2. The van der Waals surface area contributed by atoms with Crippen LogP contribution in [0, 0.1) is 5.82 Å². The number of esters is 1. The standard InChI is InChI=1S/C27H19F4N5O3/c1-35-11-10-22(34-35)17-12-18(21(28)13-20(17)27(29,30)31)25(37)33-24-16(15-6-4-3-5-7-15)8-9-23-19(26(38)39-2)14-32-36(23)24/h3-14H,1-2H3,(H,33,37). The Hall–Kier alpha value is -5.00. The number of anilines is 1. The Balaban J connectivity index is 1.66. The smallest absolute Gasteiger partial charge is 0.417 e. The molecule has 198 valence electrons. The molecule has 3 heterocycles. The zero-order valence-corrected chi connectivity index (χ0v) is 20.5. The molecule has 0 radical (unpaired) electrons. The number of halogens is 4. The summed E-state index contributed by atoms with van der Waals surface area (Å²) in [4.78, 5) is 25.6. The van der Waals surface area contributed by atoms with Gasteiger partial charge in [0.15, 0.2) is 0 Å². The van der Waals surface area contributed by atoms with Crippen molar-refractivity contribution in [1.29, 1.82) is 0 Å². The number of carbonyl (C=O) groups excluding carboxylic acids is 2. The Kier molecular flexibility index (Phi) is 6.38. The molecule has 0 bridgehead atoms. The van der Waals surface area contributed by atoms with E-state index in [4.69, 9.17) is 4.74 Å². The first-order chi connectivity index (χ1) is 18.6. The monoisotopic (exact) mass is 537 g/mol. The number of fused-ring (bicyclic) bond motifs is 1. The highest BCUT2D eigenvalue weighted by Crippen LogP contribution is 2.38. The summed E-state index contributed by atoms with van der Waals surface area (Å²) in [7, 11) is 2.73. The van der Waals surface area contributed by atoms with Gasteiger partial charge in [-0.05, 0) is 35.9 Å². The average molecular weight is 537 g/mol. The largest absolute Gasteiger partial charge is 0.465 e. The van der Waals surface area contributed by atoms with Crippen LogP contribution in [0.5, 0.6) is 0 Å². The first-order valence-electron chi connectivity index (χ1n) is 11.4. The maximum Gasteiger partial charge on any atom is 0.417 e. The molecule has 8 nitrogen and oxygen atoms in total. The molecule has 1 N–H and O–H groups in total. The molecule has 0 aliphatic heterocycles. The van der Waals surface area contributed by atoms with E-state index >= 15 is 4.39 Å². The normalized spacial score (nSPS) is 11.5. The minimum atomic E-state index is -4.89. The zero-order valence-electron chi connectivity index (χ0n) is 20.5. The van der Waals surface area contributed by atoms with Gasteiger partial charge in [-0.1, -0.05) is 30.3 Å². The van der Waals surface area contributed by atoms with Crippen molar-refractivity contribution in [2.45, 2.75) is 6.18 Å². The summed E-state index contributed by atoms with van der Waals surface area (Å²) in [5.74, 6) is -3.00. The molecule has 5 aromatic rings. The van der Waals surface area contributed by atoms with Crippen LogP contribution in [0.2, 0.25) is 0 Å². The van der Waals surface area contributed by atoms with Gasteiger partial charge in [-0.25, -0.2) is 13.7 Å². The molecule has 0 spiro atoms. The number of benzene rings is 2. The molecule has 0 saturated heterocycles. The number of ether oxygens (including phenoxy) is 1. The van der Waals surface area contributed by atoms with E-state index in [9.17, 15) is 22.8 Å². The number of hydrogen-bond donors (Lipinski definition) is 1. The maximum absolute atomic E-state index is 15.1. The summed E-state index contributed by atoms with van der Waals surface area (Å²) in [5, 5.41) is 10.8. The molecule has 0 aliphatic rings. The van der Waals surface area contributed by atoms with E-state index in [1.165, 1.54) is 41.8 Å². The van der Waals surface area contributed by atoms with Gasteiger partial charge in [0.1, 0.15) is 17.2 Å². The van der Waals surface area contributed by atoms with Gasteiger partial charge in [0.25, 0.3) is 5.91 Å². The van der Waals surface area contributed by atoms with Crippen LogP contribution in [0.25, 0.3) is 27.9 Å². The fourth-order valence-corrected chi connectivity index (χ4v) is 4.22. The van der Waals surface area contributed by atoms with Gasteiger partial charge in [0.05, 0.1) is 35.6 Å². The number of methoxy groups -OCH3 is 1. The first kappa shape index (κ1) is 25.6. The Bertz CT molecular complexity index is 1730. The lowest BCUT2D eigenvalue weighted by Crippen LogP contribution is -2.19. The van der Waals surface area contributed by atoms with E-state index in [1.54, 1.807) is 42.5 Å². The summed E-state index contributed by atoms with van der Waals surface area (Å²) < 4.78 is 63.7. The number of pyridine rings is 1. The number of nitrogens with zero attached hydrogens (tertiary/aromatic N) is 4. The van der Waals surface area contributed by atoms with E-state index in [0.717, 1.165) is 6.07 Å². The third kappa shape index (κ3) is 4.72. The van der Waals surface area contributed by atoms with E-state index in [2.05, 4.69) is 15.5 Å².